The van der Waals surface area contributed by atoms with Crippen LogP contribution in [0.2, 0.25) is 0 Å². The molecule has 30 heavy (non-hydrogen) atoms. The number of hydrogen-bond acceptors (Lipinski definition) is 5. The van der Waals surface area contributed by atoms with Crippen LogP contribution >= 0.6 is 0 Å². The first kappa shape index (κ1) is 21.3. The van der Waals surface area contributed by atoms with Gasteiger partial charge in [-0.15, -0.1) is 0 Å². The zero-order chi connectivity index (χ0) is 21.7. The highest BCUT2D eigenvalue weighted by molar-refractivity contribution is 7.87. The van der Waals surface area contributed by atoms with Crippen LogP contribution in [0.3, 0.4) is 0 Å². The maximum Gasteiger partial charge on any atom is 0.340 e. The Hall–Kier alpha value is -3.38. The minimum atomic E-state index is -3.98. The summed E-state index contributed by atoms with van der Waals surface area (Å²) < 4.78 is 30.4. The Morgan fingerprint density at radius 3 is 2.37 bits per heavy atom. The highest BCUT2D eigenvalue weighted by Gasteiger charge is 2.17. The molecule has 0 aliphatic heterocycles. The monoisotopic (exact) mass is 420 g/mol. The average molecular weight is 421 g/mol. The van der Waals surface area contributed by atoms with Crippen molar-refractivity contribution < 1.29 is 12.6 Å². The number of benzene rings is 2. The van der Waals surface area contributed by atoms with Crippen molar-refractivity contribution in [3.8, 4) is 5.88 Å². The summed E-state index contributed by atoms with van der Waals surface area (Å²) >= 11 is 0. The fourth-order valence-corrected chi connectivity index (χ4v) is 3.86. The van der Waals surface area contributed by atoms with E-state index < -0.39 is 10.1 Å². The van der Waals surface area contributed by atoms with E-state index in [1.54, 1.807) is 30.5 Å². The molecule has 0 saturated heterocycles. The van der Waals surface area contributed by atoms with E-state index in [0.717, 1.165) is 27.9 Å². The third kappa shape index (κ3) is 4.96. The number of rotatable bonds is 8. The van der Waals surface area contributed by atoms with E-state index in [0.29, 0.717) is 6.42 Å². The van der Waals surface area contributed by atoms with Crippen molar-refractivity contribution >= 4 is 28.0 Å². The Kier molecular flexibility index (Phi) is 6.37. The maximum absolute atomic E-state index is 12.6. The SMILES string of the molecule is C=Cc1ccc(S(=O)(=O)Oc2cc(Cc3cc(N(C)C)ccc3C=C)ccn2)cc1. The molecular formula is C24H24N2O3S. The van der Waals surface area contributed by atoms with Crippen molar-refractivity contribution in [3.05, 3.63) is 96.2 Å². The summed E-state index contributed by atoms with van der Waals surface area (Å²) in [5, 5.41) is 0. The lowest BCUT2D eigenvalue weighted by Crippen LogP contribution is -2.11. The molecule has 0 aliphatic rings. The van der Waals surface area contributed by atoms with Gasteiger partial charge in [-0.05, 0) is 59.0 Å². The van der Waals surface area contributed by atoms with Gasteiger partial charge >= 0.3 is 10.1 Å². The van der Waals surface area contributed by atoms with Gasteiger partial charge in [-0.3, -0.25) is 0 Å². The summed E-state index contributed by atoms with van der Waals surface area (Å²) in [7, 11) is -0.0110. The molecule has 0 saturated carbocycles. The van der Waals surface area contributed by atoms with Crippen LogP contribution in [0.15, 0.2) is 78.8 Å². The summed E-state index contributed by atoms with van der Waals surface area (Å²) in [5.41, 5.74) is 4.89. The van der Waals surface area contributed by atoms with Gasteiger partial charge in [0.25, 0.3) is 0 Å². The normalized spacial score (nSPS) is 11.0. The van der Waals surface area contributed by atoms with Crippen molar-refractivity contribution in [2.45, 2.75) is 11.3 Å². The van der Waals surface area contributed by atoms with Crippen molar-refractivity contribution in [3.63, 3.8) is 0 Å². The molecule has 1 aromatic heterocycles. The second-order valence-electron chi connectivity index (χ2n) is 6.97. The lowest BCUT2D eigenvalue weighted by molar-refractivity contribution is 0.475. The van der Waals surface area contributed by atoms with E-state index in [1.165, 1.54) is 12.1 Å². The van der Waals surface area contributed by atoms with E-state index in [-0.39, 0.29) is 10.8 Å². The van der Waals surface area contributed by atoms with Crippen LogP contribution in [0.4, 0.5) is 5.69 Å². The predicted octanol–water partition coefficient (Wildman–Crippen LogP) is 4.79. The highest BCUT2D eigenvalue weighted by Crippen LogP contribution is 2.24. The van der Waals surface area contributed by atoms with Gasteiger partial charge < -0.3 is 9.08 Å². The van der Waals surface area contributed by atoms with Crippen LogP contribution < -0.4 is 9.08 Å². The largest absolute Gasteiger partial charge is 0.378 e. The third-order valence-electron chi connectivity index (χ3n) is 4.66. The van der Waals surface area contributed by atoms with E-state index in [1.807, 2.05) is 43.3 Å². The molecule has 2 aromatic carbocycles. The minimum Gasteiger partial charge on any atom is -0.378 e. The fourth-order valence-electron chi connectivity index (χ4n) is 2.98. The molecule has 6 heteroatoms. The van der Waals surface area contributed by atoms with Crippen molar-refractivity contribution in [2.75, 3.05) is 19.0 Å². The zero-order valence-electron chi connectivity index (χ0n) is 17.1. The van der Waals surface area contributed by atoms with Gasteiger partial charge in [-0.2, -0.15) is 8.42 Å². The number of aromatic nitrogens is 1. The Balaban J connectivity index is 1.85. The Bertz CT molecular complexity index is 1170. The van der Waals surface area contributed by atoms with Crippen LogP contribution in [0.25, 0.3) is 12.2 Å². The highest BCUT2D eigenvalue weighted by atomic mass is 32.2. The van der Waals surface area contributed by atoms with E-state index >= 15 is 0 Å². The Labute approximate surface area is 178 Å². The smallest absolute Gasteiger partial charge is 0.340 e. The Morgan fingerprint density at radius 1 is 1.00 bits per heavy atom. The second-order valence-corrected chi connectivity index (χ2v) is 8.52. The molecule has 3 rings (SSSR count). The van der Waals surface area contributed by atoms with Gasteiger partial charge in [0, 0.05) is 32.0 Å². The molecule has 0 fully saturated rings. The lowest BCUT2D eigenvalue weighted by atomic mass is 9.99. The minimum absolute atomic E-state index is 0.0317. The van der Waals surface area contributed by atoms with Gasteiger partial charge in [0.05, 0.1) is 0 Å². The van der Waals surface area contributed by atoms with Gasteiger partial charge in [0.2, 0.25) is 5.88 Å². The number of pyridine rings is 1. The lowest BCUT2D eigenvalue weighted by Gasteiger charge is -2.16. The quantitative estimate of drug-likeness (QED) is 0.490. The van der Waals surface area contributed by atoms with Gasteiger partial charge in [-0.1, -0.05) is 43.5 Å². The van der Waals surface area contributed by atoms with Crippen LogP contribution in [0, 0.1) is 0 Å². The van der Waals surface area contributed by atoms with Crippen molar-refractivity contribution in [1.82, 2.24) is 4.98 Å². The summed E-state index contributed by atoms with van der Waals surface area (Å²) in [6, 6.07) is 15.9. The van der Waals surface area contributed by atoms with E-state index in [2.05, 4.69) is 24.2 Å². The first-order chi connectivity index (χ1) is 14.3. The number of anilines is 1. The summed E-state index contributed by atoms with van der Waals surface area (Å²) in [6.45, 7) is 7.55. The molecule has 0 radical (unpaired) electrons. The summed E-state index contributed by atoms with van der Waals surface area (Å²) in [6.07, 6.45) is 5.59. The molecule has 0 unspecified atom stereocenters. The topological polar surface area (TPSA) is 59.5 Å². The predicted molar refractivity (Wildman–Crippen MR) is 122 cm³/mol. The molecule has 5 nitrogen and oxygen atoms in total. The van der Waals surface area contributed by atoms with E-state index in [9.17, 15) is 8.42 Å². The first-order valence-corrected chi connectivity index (χ1v) is 10.8. The van der Waals surface area contributed by atoms with Crippen LogP contribution in [-0.4, -0.2) is 27.5 Å². The molecule has 0 atom stereocenters. The molecule has 0 bridgehead atoms. The first-order valence-electron chi connectivity index (χ1n) is 9.37. The third-order valence-corrected chi connectivity index (χ3v) is 5.90. The molecule has 3 aromatic rings. The molecule has 1 heterocycles. The summed E-state index contributed by atoms with van der Waals surface area (Å²) in [4.78, 5) is 6.16. The van der Waals surface area contributed by atoms with Crippen molar-refractivity contribution in [2.24, 2.45) is 0 Å². The van der Waals surface area contributed by atoms with Gasteiger partial charge in [-0.25, -0.2) is 4.98 Å². The molecule has 0 amide bonds. The number of hydrogen-bond donors (Lipinski definition) is 0. The molecule has 0 aliphatic carbocycles. The van der Waals surface area contributed by atoms with Crippen LogP contribution in [0.1, 0.15) is 22.3 Å². The molecule has 0 N–H and O–H groups in total. The fraction of sp³-hybridized carbons (Fsp3) is 0.125. The van der Waals surface area contributed by atoms with Crippen molar-refractivity contribution in [1.29, 1.82) is 0 Å². The molecule has 0 spiro atoms. The summed E-state index contributed by atoms with van der Waals surface area (Å²) in [5.74, 6) is 0.0317. The van der Waals surface area contributed by atoms with E-state index in [4.69, 9.17) is 4.18 Å². The Morgan fingerprint density at radius 2 is 1.73 bits per heavy atom. The standard InChI is InChI=1S/C24H24N2O3S/c1-5-18-7-11-23(12-8-18)30(27,28)29-24-16-19(13-14-25-24)15-21-17-22(26(3)4)10-9-20(21)6-2/h5-14,16-17H,1-2,15H2,3-4H3. The maximum atomic E-state index is 12.6. The zero-order valence-corrected chi connectivity index (χ0v) is 17.9. The molecular weight excluding hydrogens is 396 g/mol. The second kappa shape index (κ2) is 8.97. The van der Waals surface area contributed by atoms with Gasteiger partial charge in [0.15, 0.2) is 0 Å². The van der Waals surface area contributed by atoms with Gasteiger partial charge in [0.1, 0.15) is 4.90 Å². The van der Waals surface area contributed by atoms with Crippen LogP contribution in [0.5, 0.6) is 5.88 Å². The average Bonchev–Trinajstić information content (AvgIpc) is 2.73. The number of nitrogens with zero attached hydrogens (tertiary/aromatic N) is 2. The molecule has 154 valence electrons. The van der Waals surface area contributed by atoms with Crippen LogP contribution in [-0.2, 0) is 16.5 Å².